The summed E-state index contributed by atoms with van der Waals surface area (Å²) in [5, 5.41) is 0. The molecule has 2 heterocycles. The zero-order valence-corrected chi connectivity index (χ0v) is 8.04. The maximum absolute atomic E-state index is 5.64. The van der Waals surface area contributed by atoms with Crippen molar-refractivity contribution >= 4 is 0 Å². The Balaban J connectivity index is 1.52. The average molecular weight is 186 g/mol. The summed E-state index contributed by atoms with van der Waals surface area (Å²) in [6, 6.07) is 0. The van der Waals surface area contributed by atoms with Crippen LogP contribution >= 0.6 is 0 Å². The minimum atomic E-state index is 0.641. The molecular formula is C10H18O3. The van der Waals surface area contributed by atoms with E-state index in [2.05, 4.69) is 0 Å². The lowest BCUT2D eigenvalue weighted by Crippen LogP contribution is -2.15. The van der Waals surface area contributed by atoms with Crippen molar-refractivity contribution in [3.8, 4) is 0 Å². The second kappa shape index (κ2) is 4.94. The standard InChI is InChI=1S/C10H18O3/c1-3-11-5-9(1)7-13-8-10-2-4-12-6-10/h9-10H,1-8H2/t9-,10-/m0/s1. The first-order chi connectivity index (χ1) is 6.45. The van der Waals surface area contributed by atoms with Crippen LogP contribution in [0, 0.1) is 11.8 Å². The van der Waals surface area contributed by atoms with Crippen molar-refractivity contribution in [2.45, 2.75) is 12.8 Å². The molecule has 2 saturated heterocycles. The summed E-state index contributed by atoms with van der Waals surface area (Å²) in [4.78, 5) is 0. The van der Waals surface area contributed by atoms with Crippen LogP contribution in [0.3, 0.4) is 0 Å². The van der Waals surface area contributed by atoms with Gasteiger partial charge in [0, 0.05) is 25.0 Å². The van der Waals surface area contributed by atoms with Gasteiger partial charge < -0.3 is 14.2 Å². The second-order valence-corrected chi connectivity index (χ2v) is 4.00. The first kappa shape index (κ1) is 9.44. The van der Waals surface area contributed by atoms with E-state index in [1.807, 2.05) is 0 Å². The van der Waals surface area contributed by atoms with Crippen LogP contribution in [0.1, 0.15) is 12.8 Å². The van der Waals surface area contributed by atoms with Crippen LogP contribution in [-0.4, -0.2) is 39.6 Å². The summed E-state index contributed by atoms with van der Waals surface area (Å²) in [7, 11) is 0. The molecule has 2 aliphatic rings. The minimum absolute atomic E-state index is 0.641. The van der Waals surface area contributed by atoms with Gasteiger partial charge in [0.25, 0.3) is 0 Å². The third-order valence-electron chi connectivity index (χ3n) is 2.76. The summed E-state index contributed by atoms with van der Waals surface area (Å²) < 4.78 is 16.2. The van der Waals surface area contributed by atoms with E-state index >= 15 is 0 Å². The molecule has 2 atom stereocenters. The molecule has 0 N–H and O–H groups in total. The first-order valence-electron chi connectivity index (χ1n) is 5.18. The van der Waals surface area contributed by atoms with Gasteiger partial charge >= 0.3 is 0 Å². The van der Waals surface area contributed by atoms with Crippen molar-refractivity contribution < 1.29 is 14.2 Å². The highest BCUT2D eigenvalue weighted by Gasteiger charge is 2.18. The maximum atomic E-state index is 5.64. The average Bonchev–Trinajstić information content (AvgIpc) is 2.75. The summed E-state index contributed by atoms with van der Waals surface area (Å²) in [5.41, 5.74) is 0. The smallest absolute Gasteiger partial charge is 0.0517 e. The molecule has 3 nitrogen and oxygen atoms in total. The van der Waals surface area contributed by atoms with Crippen molar-refractivity contribution in [1.82, 2.24) is 0 Å². The second-order valence-electron chi connectivity index (χ2n) is 4.00. The Bertz CT molecular complexity index is 121. The van der Waals surface area contributed by atoms with Gasteiger partial charge in [-0.05, 0) is 12.8 Å². The molecule has 0 aromatic heterocycles. The van der Waals surface area contributed by atoms with E-state index < -0.39 is 0 Å². The molecular weight excluding hydrogens is 168 g/mol. The van der Waals surface area contributed by atoms with Crippen molar-refractivity contribution in [1.29, 1.82) is 0 Å². The molecule has 2 aliphatic heterocycles. The van der Waals surface area contributed by atoms with Crippen LogP contribution in [0.2, 0.25) is 0 Å². The normalized spacial score (nSPS) is 34.2. The minimum Gasteiger partial charge on any atom is -0.381 e. The summed E-state index contributed by atoms with van der Waals surface area (Å²) in [6.45, 7) is 5.36. The van der Waals surface area contributed by atoms with E-state index in [4.69, 9.17) is 14.2 Å². The van der Waals surface area contributed by atoms with Crippen LogP contribution in [-0.2, 0) is 14.2 Å². The highest BCUT2D eigenvalue weighted by molar-refractivity contribution is 4.65. The fraction of sp³-hybridized carbons (Fsp3) is 1.00. The van der Waals surface area contributed by atoms with Crippen molar-refractivity contribution in [3.63, 3.8) is 0 Å². The van der Waals surface area contributed by atoms with Crippen molar-refractivity contribution in [2.24, 2.45) is 11.8 Å². The number of ether oxygens (including phenoxy) is 3. The number of hydrogen-bond donors (Lipinski definition) is 0. The lowest BCUT2D eigenvalue weighted by atomic mass is 10.1. The Morgan fingerprint density at radius 1 is 0.923 bits per heavy atom. The number of rotatable bonds is 4. The third-order valence-corrected chi connectivity index (χ3v) is 2.76. The molecule has 2 fully saturated rings. The fourth-order valence-corrected chi connectivity index (χ4v) is 1.83. The molecule has 0 spiro atoms. The van der Waals surface area contributed by atoms with Gasteiger partial charge in [-0.1, -0.05) is 0 Å². The van der Waals surface area contributed by atoms with E-state index in [0.717, 1.165) is 39.6 Å². The van der Waals surface area contributed by atoms with Crippen LogP contribution in [0.5, 0.6) is 0 Å². The molecule has 0 unspecified atom stereocenters. The Morgan fingerprint density at radius 2 is 1.46 bits per heavy atom. The summed E-state index contributed by atoms with van der Waals surface area (Å²) in [6.07, 6.45) is 2.34. The Hall–Kier alpha value is -0.120. The molecule has 13 heavy (non-hydrogen) atoms. The molecule has 2 rings (SSSR count). The zero-order chi connectivity index (χ0) is 8.93. The lowest BCUT2D eigenvalue weighted by molar-refractivity contribution is 0.0608. The molecule has 0 amide bonds. The quantitative estimate of drug-likeness (QED) is 0.657. The molecule has 0 aliphatic carbocycles. The first-order valence-corrected chi connectivity index (χ1v) is 5.18. The summed E-state index contributed by atoms with van der Waals surface area (Å²) >= 11 is 0. The Kier molecular flexibility index (Phi) is 3.58. The molecule has 0 aromatic rings. The maximum Gasteiger partial charge on any atom is 0.0517 e. The molecule has 0 aromatic carbocycles. The molecule has 3 heteroatoms. The van der Waals surface area contributed by atoms with Gasteiger partial charge in [0.1, 0.15) is 0 Å². The van der Waals surface area contributed by atoms with E-state index in [9.17, 15) is 0 Å². The van der Waals surface area contributed by atoms with E-state index in [-0.39, 0.29) is 0 Å². The Morgan fingerprint density at radius 3 is 1.85 bits per heavy atom. The van der Waals surface area contributed by atoms with Gasteiger partial charge in [-0.3, -0.25) is 0 Å². The van der Waals surface area contributed by atoms with Gasteiger partial charge in [0.2, 0.25) is 0 Å². The molecule has 0 bridgehead atoms. The van der Waals surface area contributed by atoms with Crippen molar-refractivity contribution in [2.75, 3.05) is 39.6 Å². The van der Waals surface area contributed by atoms with E-state index in [0.29, 0.717) is 11.8 Å². The van der Waals surface area contributed by atoms with Crippen molar-refractivity contribution in [3.05, 3.63) is 0 Å². The topological polar surface area (TPSA) is 27.7 Å². The lowest BCUT2D eigenvalue weighted by Gasteiger charge is -2.11. The van der Waals surface area contributed by atoms with Gasteiger partial charge in [-0.2, -0.15) is 0 Å². The van der Waals surface area contributed by atoms with Crippen LogP contribution in [0.15, 0.2) is 0 Å². The fourth-order valence-electron chi connectivity index (χ4n) is 1.83. The van der Waals surface area contributed by atoms with Gasteiger partial charge in [-0.25, -0.2) is 0 Å². The number of hydrogen-bond acceptors (Lipinski definition) is 3. The van der Waals surface area contributed by atoms with Crippen LogP contribution < -0.4 is 0 Å². The van der Waals surface area contributed by atoms with Crippen LogP contribution in [0.4, 0.5) is 0 Å². The monoisotopic (exact) mass is 186 g/mol. The summed E-state index contributed by atoms with van der Waals surface area (Å²) in [5.74, 6) is 1.28. The highest BCUT2D eigenvalue weighted by atomic mass is 16.5. The molecule has 76 valence electrons. The third kappa shape index (κ3) is 2.93. The Labute approximate surface area is 79.4 Å². The molecule has 0 radical (unpaired) electrons. The van der Waals surface area contributed by atoms with E-state index in [1.165, 1.54) is 12.8 Å². The van der Waals surface area contributed by atoms with Gasteiger partial charge in [0.15, 0.2) is 0 Å². The van der Waals surface area contributed by atoms with Gasteiger partial charge in [-0.15, -0.1) is 0 Å². The largest absolute Gasteiger partial charge is 0.381 e. The highest BCUT2D eigenvalue weighted by Crippen LogP contribution is 2.15. The van der Waals surface area contributed by atoms with Crippen LogP contribution in [0.25, 0.3) is 0 Å². The predicted molar refractivity (Wildman–Crippen MR) is 48.7 cm³/mol. The SMILES string of the molecule is C1C[C@H](COC[C@H]2CCOC2)CO1. The predicted octanol–water partition coefficient (Wildman–Crippen LogP) is 1.08. The van der Waals surface area contributed by atoms with E-state index in [1.54, 1.807) is 0 Å². The molecule has 0 saturated carbocycles. The zero-order valence-electron chi connectivity index (χ0n) is 8.04. The van der Waals surface area contributed by atoms with Gasteiger partial charge in [0.05, 0.1) is 26.4 Å².